The van der Waals surface area contributed by atoms with Crippen molar-refractivity contribution < 1.29 is 80.6 Å². The Bertz CT molecular complexity index is 1810. The Morgan fingerprint density at radius 3 is 2.38 bits per heavy atom. The van der Waals surface area contributed by atoms with Gasteiger partial charge in [0.25, 0.3) is 5.91 Å². The van der Waals surface area contributed by atoms with Crippen molar-refractivity contribution in [3.8, 4) is 0 Å². The van der Waals surface area contributed by atoms with Gasteiger partial charge in [-0.25, -0.2) is 28.6 Å². The second-order valence-corrected chi connectivity index (χ2v) is 15.0. The number of nitrogens with zero attached hydrogens (tertiary/aromatic N) is 5. The number of nitrogen functional groups attached to an aromatic ring is 1. The van der Waals surface area contributed by atoms with Gasteiger partial charge in [-0.15, -0.1) is 0 Å². The minimum atomic E-state index is -5.52. The van der Waals surface area contributed by atoms with Gasteiger partial charge in [-0.05, 0) is 6.07 Å². The third kappa shape index (κ3) is 8.13. The molecule has 11 N–H and O–H groups in total. The minimum Gasteiger partial charge on any atom is -0.390 e. The molecule has 48 heavy (non-hydrogen) atoms. The number of anilines is 1. The van der Waals surface area contributed by atoms with Crippen molar-refractivity contribution in [2.24, 2.45) is 11.7 Å². The van der Waals surface area contributed by atoms with Gasteiger partial charge >= 0.3 is 23.5 Å². The first-order chi connectivity index (χ1) is 22.4. The first kappa shape index (κ1) is 36.5. The lowest BCUT2D eigenvalue weighted by Gasteiger charge is -2.22. The molecule has 0 bridgehead atoms. The zero-order valence-electron chi connectivity index (χ0n) is 24.2. The van der Waals surface area contributed by atoms with E-state index in [0.29, 0.717) is 0 Å². The number of primary amides is 1. The van der Waals surface area contributed by atoms with E-state index < -0.39 is 91.3 Å². The van der Waals surface area contributed by atoms with Crippen molar-refractivity contribution in [2.75, 3.05) is 18.9 Å². The predicted octanol–water partition coefficient (Wildman–Crippen LogP) is -2.24. The topological polar surface area (TPSA) is 356 Å². The molecule has 0 aromatic carbocycles. The molecule has 10 unspecified atom stereocenters. The summed E-state index contributed by atoms with van der Waals surface area (Å²) in [4.78, 5) is 62.3. The number of amides is 1. The zero-order chi connectivity index (χ0) is 35.2. The Hall–Kier alpha value is -2.82. The van der Waals surface area contributed by atoms with Crippen LogP contribution in [0.25, 0.3) is 11.2 Å². The maximum Gasteiger partial charge on any atom is 0.481 e. The number of carbonyl (C=O) groups is 1. The van der Waals surface area contributed by atoms with E-state index in [1.165, 1.54) is 29.1 Å². The number of nitrogens with two attached hydrogens (primary N) is 2. The number of aliphatic hydroxyl groups excluding tert-OH is 3. The van der Waals surface area contributed by atoms with Gasteiger partial charge in [-0.2, -0.15) is 8.88 Å². The third-order valence-electron chi connectivity index (χ3n) is 7.55. The summed E-state index contributed by atoms with van der Waals surface area (Å²) in [5.41, 5.74) is 11.3. The number of pyridine rings is 1. The fraction of sp³-hybridized carbons (Fsp3) is 0.500. The molecule has 1 aliphatic heterocycles. The monoisotopic (exact) mass is 742 g/mol. The first-order valence-corrected chi connectivity index (χ1v) is 18.2. The van der Waals surface area contributed by atoms with E-state index in [1.54, 1.807) is 0 Å². The number of hydrogen-bond acceptors (Lipinski definition) is 16. The van der Waals surface area contributed by atoms with E-state index in [2.05, 4.69) is 23.8 Å². The second kappa shape index (κ2) is 13.8. The molecule has 4 heterocycles. The molecule has 2 fully saturated rings. The molecule has 0 radical (unpaired) electrons. The van der Waals surface area contributed by atoms with Gasteiger partial charge in [-0.3, -0.25) is 22.9 Å². The average molecular weight is 742 g/mol. The number of aromatic nitrogens is 5. The Kier molecular flexibility index (Phi) is 10.5. The van der Waals surface area contributed by atoms with Gasteiger partial charge in [-0.1, -0.05) is 0 Å². The summed E-state index contributed by atoms with van der Waals surface area (Å²) < 4.78 is 63.5. The van der Waals surface area contributed by atoms with Gasteiger partial charge in [0.15, 0.2) is 36.1 Å². The number of fused-ring (bicyclic) bond motifs is 1. The molecule has 26 heteroatoms. The predicted molar refractivity (Wildman–Crippen MR) is 154 cm³/mol. The molecule has 2 aliphatic rings. The third-order valence-corrected chi connectivity index (χ3v) is 10.7. The number of imidazole rings is 1. The van der Waals surface area contributed by atoms with Crippen LogP contribution in [0.15, 0.2) is 37.2 Å². The van der Waals surface area contributed by atoms with E-state index in [4.69, 9.17) is 25.3 Å². The highest BCUT2D eigenvalue weighted by molar-refractivity contribution is 7.61. The van der Waals surface area contributed by atoms with Crippen LogP contribution < -0.4 is 16.0 Å². The van der Waals surface area contributed by atoms with Crippen LogP contribution in [0.5, 0.6) is 0 Å². The largest absolute Gasteiger partial charge is 0.481 e. The number of carbonyl (C=O) groups excluding carboxylic acids is 1. The van der Waals surface area contributed by atoms with E-state index in [1.807, 2.05) is 0 Å². The number of hydrogen-bond donors (Lipinski definition) is 9. The van der Waals surface area contributed by atoms with E-state index in [0.717, 1.165) is 17.2 Å². The van der Waals surface area contributed by atoms with Gasteiger partial charge in [0.2, 0.25) is 0 Å². The van der Waals surface area contributed by atoms with Crippen molar-refractivity contribution in [3.05, 3.63) is 42.7 Å². The van der Waals surface area contributed by atoms with E-state index >= 15 is 0 Å². The molecule has 1 saturated heterocycles. The highest BCUT2D eigenvalue weighted by Gasteiger charge is 2.51. The molecular weight excluding hydrogens is 711 g/mol. The summed E-state index contributed by atoms with van der Waals surface area (Å²) in [6.45, 7) is -1.84. The SMILES string of the molecule is NC(=O)c1ccc[n+](C2CC(COP(=O)(O)OP(=O)(O)OCC3OC(n4cnc5c(N)ncnc54)C(O)C3OP(=O)(O)O)C(O)C2O)c1. The Morgan fingerprint density at radius 1 is 1.02 bits per heavy atom. The first-order valence-electron chi connectivity index (χ1n) is 13.7. The summed E-state index contributed by atoms with van der Waals surface area (Å²) >= 11 is 0. The quantitative estimate of drug-likeness (QED) is 0.0660. The molecule has 10 atom stereocenters. The summed E-state index contributed by atoms with van der Waals surface area (Å²) in [7, 11) is -16.2. The molecule has 1 aliphatic carbocycles. The number of phosphoric ester groups is 3. The van der Waals surface area contributed by atoms with Crippen LogP contribution in [0.2, 0.25) is 0 Å². The van der Waals surface area contributed by atoms with Crippen LogP contribution in [-0.2, 0) is 36.3 Å². The van der Waals surface area contributed by atoms with Crippen molar-refractivity contribution in [3.63, 3.8) is 0 Å². The standard InChI is InChI=1S/C22H30N7O16P3/c23-19-14-21(26-8-25-19)29(9-27-14)22-17(32)18(44-46(34,35)36)13(43-22)7-42-48(39,40)45-47(37,38)41-6-11-4-12(16(31)15(11)30)28-3-1-2-10(5-28)20(24)33/h1-3,5,8-9,11-13,15-18,22,30-32H,4,6-7H2,(H7-,23,24,25,26,33,34,35,36,37,38,39,40)/p+1. The zero-order valence-corrected chi connectivity index (χ0v) is 26.9. The average Bonchev–Trinajstić information content (AvgIpc) is 3.64. The highest BCUT2D eigenvalue weighted by atomic mass is 31.3. The Labute approximate surface area is 269 Å². The maximum absolute atomic E-state index is 12.6. The lowest BCUT2D eigenvalue weighted by molar-refractivity contribution is -0.728. The van der Waals surface area contributed by atoms with Crippen LogP contribution >= 0.6 is 23.5 Å². The fourth-order valence-corrected chi connectivity index (χ4v) is 8.08. The van der Waals surface area contributed by atoms with Gasteiger partial charge < -0.3 is 51.1 Å². The highest BCUT2D eigenvalue weighted by Crippen LogP contribution is 2.61. The molecule has 3 aromatic heterocycles. The molecule has 5 rings (SSSR count). The van der Waals surface area contributed by atoms with Crippen molar-refractivity contribution in [1.29, 1.82) is 0 Å². The Balaban J connectivity index is 1.22. The molecule has 1 saturated carbocycles. The number of phosphoric acid groups is 3. The van der Waals surface area contributed by atoms with Gasteiger partial charge in [0.1, 0.15) is 41.8 Å². The van der Waals surface area contributed by atoms with Crippen LogP contribution in [-0.4, -0.2) is 104 Å². The number of ether oxygens (including phenoxy) is 1. The minimum absolute atomic E-state index is 0.0310. The van der Waals surface area contributed by atoms with Crippen LogP contribution in [0.4, 0.5) is 5.82 Å². The molecule has 3 aromatic rings. The lowest BCUT2D eigenvalue weighted by Crippen LogP contribution is -2.45. The maximum atomic E-state index is 12.6. The normalized spacial score (nSPS) is 30.3. The summed E-state index contributed by atoms with van der Waals surface area (Å²) in [6, 6.07) is 2.11. The molecule has 23 nitrogen and oxygen atoms in total. The number of aliphatic hydroxyl groups is 3. The van der Waals surface area contributed by atoms with Gasteiger partial charge in [0.05, 0.1) is 25.6 Å². The summed E-state index contributed by atoms with van der Waals surface area (Å²) in [6.07, 6.45) is -4.84. The van der Waals surface area contributed by atoms with Crippen molar-refractivity contribution in [1.82, 2.24) is 19.5 Å². The fourth-order valence-electron chi connectivity index (χ4n) is 5.37. The molecule has 0 spiro atoms. The molecule has 1 amide bonds. The molecule has 264 valence electrons. The lowest BCUT2D eigenvalue weighted by atomic mass is 10.1. The Morgan fingerprint density at radius 2 is 1.71 bits per heavy atom. The van der Waals surface area contributed by atoms with Crippen LogP contribution in [0.1, 0.15) is 29.0 Å². The smallest absolute Gasteiger partial charge is 0.390 e. The van der Waals surface area contributed by atoms with Crippen LogP contribution in [0.3, 0.4) is 0 Å². The van der Waals surface area contributed by atoms with E-state index in [-0.39, 0.29) is 29.0 Å². The molecular formula is C22H31N7O16P3+. The second-order valence-electron chi connectivity index (χ2n) is 10.8. The summed E-state index contributed by atoms with van der Waals surface area (Å²) in [5.74, 6) is -1.76. The van der Waals surface area contributed by atoms with Crippen molar-refractivity contribution >= 4 is 46.4 Å². The van der Waals surface area contributed by atoms with Crippen molar-refractivity contribution in [2.45, 2.75) is 49.2 Å². The van der Waals surface area contributed by atoms with Gasteiger partial charge in [0, 0.05) is 18.4 Å². The van der Waals surface area contributed by atoms with Crippen LogP contribution in [0, 0.1) is 5.92 Å². The summed E-state index contributed by atoms with van der Waals surface area (Å²) in [5, 5.41) is 31.9. The van der Waals surface area contributed by atoms with E-state index in [9.17, 15) is 53.4 Å². The number of rotatable bonds is 13.